The Morgan fingerprint density at radius 2 is 1.82 bits per heavy atom. The van der Waals surface area contributed by atoms with Crippen LogP contribution in [0.3, 0.4) is 0 Å². The maximum absolute atomic E-state index is 12.6. The number of benzene rings is 1. The van der Waals surface area contributed by atoms with Crippen LogP contribution in [0.1, 0.15) is 49.3 Å². The molecule has 4 nitrogen and oxygen atoms in total. The number of carbonyl (C=O) groups excluding carboxylic acids is 1. The lowest BCUT2D eigenvalue weighted by atomic mass is 9.91. The fraction of sp³-hybridized carbons (Fsp3) is 0.556. The van der Waals surface area contributed by atoms with Gasteiger partial charge in [-0.05, 0) is 38.7 Å². The summed E-state index contributed by atoms with van der Waals surface area (Å²) in [5.74, 6) is -1.36. The van der Waals surface area contributed by atoms with Crippen molar-refractivity contribution in [1.29, 1.82) is 0 Å². The van der Waals surface area contributed by atoms with E-state index in [1.165, 1.54) is 0 Å². The molecule has 0 spiro atoms. The number of rotatable bonds is 7. The van der Waals surface area contributed by atoms with E-state index >= 15 is 0 Å². The van der Waals surface area contributed by atoms with E-state index in [-0.39, 0.29) is 12.5 Å². The lowest BCUT2D eigenvalue weighted by Gasteiger charge is -2.19. The number of aliphatic carboxylic acids is 1. The quantitative estimate of drug-likeness (QED) is 0.814. The van der Waals surface area contributed by atoms with Crippen molar-refractivity contribution in [2.75, 3.05) is 6.54 Å². The number of amides is 1. The zero-order valence-corrected chi connectivity index (χ0v) is 13.6. The molecule has 1 amide bonds. The Kier molecular flexibility index (Phi) is 4.89. The van der Waals surface area contributed by atoms with E-state index in [2.05, 4.69) is 23.5 Å². The van der Waals surface area contributed by atoms with Gasteiger partial charge in [-0.3, -0.25) is 9.59 Å². The van der Waals surface area contributed by atoms with Crippen molar-refractivity contribution in [3.05, 3.63) is 34.9 Å². The maximum atomic E-state index is 12.6. The third kappa shape index (κ3) is 3.49. The van der Waals surface area contributed by atoms with Gasteiger partial charge in [0.2, 0.25) is 5.91 Å². The second kappa shape index (κ2) is 6.51. The van der Waals surface area contributed by atoms with Gasteiger partial charge in [0.05, 0.1) is 11.3 Å². The molecule has 1 saturated carbocycles. The number of nitrogens with one attached hydrogen (secondary N) is 1. The average Bonchev–Trinajstić information content (AvgIpc) is 3.23. The lowest BCUT2D eigenvalue weighted by Crippen LogP contribution is -2.39. The van der Waals surface area contributed by atoms with Gasteiger partial charge in [-0.2, -0.15) is 0 Å². The Balaban J connectivity index is 2.07. The van der Waals surface area contributed by atoms with Gasteiger partial charge in [0.25, 0.3) is 0 Å². The molecule has 1 aromatic rings. The predicted molar refractivity (Wildman–Crippen MR) is 85.9 cm³/mol. The molecule has 1 aromatic carbocycles. The van der Waals surface area contributed by atoms with E-state index in [9.17, 15) is 14.7 Å². The van der Waals surface area contributed by atoms with E-state index in [1.807, 2.05) is 20.8 Å². The summed E-state index contributed by atoms with van der Waals surface area (Å²) < 4.78 is 0. The van der Waals surface area contributed by atoms with Crippen molar-refractivity contribution in [2.24, 2.45) is 5.92 Å². The zero-order chi connectivity index (χ0) is 16.3. The van der Waals surface area contributed by atoms with Crippen molar-refractivity contribution >= 4 is 11.9 Å². The Labute approximate surface area is 131 Å². The van der Waals surface area contributed by atoms with Gasteiger partial charge >= 0.3 is 5.97 Å². The summed E-state index contributed by atoms with van der Waals surface area (Å²) >= 11 is 0. The Hall–Kier alpha value is -1.84. The van der Waals surface area contributed by atoms with Gasteiger partial charge in [0, 0.05) is 6.54 Å². The molecule has 2 N–H and O–H groups in total. The number of hydrogen-bond acceptors (Lipinski definition) is 2. The van der Waals surface area contributed by atoms with Gasteiger partial charge in [0.1, 0.15) is 0 Å². The minimum absolute atomic E-state index is 0.0279. The SMILES string of the molecule is CCCC(CNC(=O)C1(c2cc(C)cc(C)c2)CC1)C(=O)O. The number of carboxylic acid groups (broad SMARTS) is 1. The number of carbonyl (C=O) groups is 2. The van der Waals surface area contributed by atoms with Crippen molar-refractivity contribution in [1.82, 2.24) is 5.32 Å². The van der Waals surface area contributed by atoms with Gasteiger partial charge in [-0.25, -0.2) is 0 Å². The second-order valence-corrected chi connectivity index (χ2v) is 6.49. The van der Waals surface area contributed by atoms with Crippen LogP contribution in [0.4, 0.5) is 0 Å². The average molecular weight is 303 g/mol. The minimum atomic E-state index is -0.835. The fourth-order valence-corrected chi connectivity index (χ4v) is 3.07. The molecule has 2 rings (SSSR count). The van der Waals surface area contributed by atoms with Crippen LogP contribution in [0.2, 0.25) is 0 Å². The highest BCUT2D eigenvalue weighted by Gasteiger charge is 2.51. The first kappa shape index (κ1) is 16.5. The monoisotopic (exact) mass is 303 g/mol. The Morgan fingerprint density at radius 3 is 2.27 bits per heavy atom. The molecule has 0 aromatic heterocycles. The number of aryl methyl sites for hydroxylation is 2. The molecule has 120 valence electrons. The molecule has 0 bridgehead atoms. The standard InChI is InChI=1S/C18H25NO3/c1-4-5-14(16(20)21)11-19-17(22)18(6-7-18)15-9-12(2)8-13(3)10-15/h8-10,14H,4-7,11H2,1-3H3,(H,19,22)(H,20,21). The van der Waals surface area contributed by atoms with Crippen LogP contribution in [0, 0.1) is 19.8 Å². The smallest absolute Gasteiger partial charge is 0.308 e. The van der Waals surface area contributed by atoms with Crippen LogP contribution in [0.5, 0.6) is 0 Å². The molecule has 1 aliphatic carbocycles. The molecule has 4 heteroatoms. The largest absolute Gasteiger partial charge is 0.481 e. The van der Waals surface area contributed by atoms with Crippen LogP contribution in [0.15, 0.2) is 18.2 Å². The highest BCUT2D eigenvalue weighted by atomic mass is 16.4. The summed E-state index contributed by atoms with van der Waals surface area (Å²) in [4.78, 5) is 23.8. The molecule has 0 aliphatic heterocycles. The van der Waals surface area contributed by atoms with Crippen molar-refractivity contribution < 1.29 is 14.7 Å². The van der Waals surface area contributed by atoms with Gasteiger partial charge in [-0.15, -0.1) is 0 Å². The molecule has 1 unspecified atom stereocenters. The summed E-state index contributed by atoms with van der Waals surface area (Å²) in [6.07, 6.45) is 3.07. The van der Waals surface area contributed by atoms with Gasteiger partial charge < -0.3 is 10.4 Å². The van der Waals surface area contributed by atoms with E-state index in [1.54, 1.807) is 0 Å². The first-order valence-corrected chi connectivity index (χ1v) is 7.99. The molecule has 1 aliphatic rings. The van der Waals surface area contributed by atoms with Crippen LogP contribution < -0.4 is 5.32 Å². The molecular weight excluding hydrogens is 278 g/mol. The van der Waals surface area contributed by atoms with E-state index in [0.29, 0.717) is 6.42 Å². The molecule has 1 fully saturated rings. The van der Waals surface area contributed by atoms with Gasteiger partial charge in [0.15, 0.2) is 0 Å². The fourth-order valence-electron chi connectivity index (χ4n) is 3.07. The predicted octanol–water partition coefficient (Wildman–Crippen LogP) is 2.95. The summed E-state index contributed by atoms with van der Waals surface area (Å²) in [6, 6.07) is 6.24. The molecule has 0 saturated heterocycles. The topological polar surface area (TPSA) is 66.4 Å². The molecular formula is C18H25NO3. The van der Waals surface area contributed by atoms with E-state index in [0.717, 1.165) is 36.0 Å². The van der Waals surface area contributed by atoms with Crippen LogP contribution in [-0.4, -0.2) is 23.5 Å². The summed E-state index contributed by atoms with van der Waals surface area (Å²) in [7, 11) is 0. The number of carboxylic acids is 1. The van der Waals surface area contributed by atoms with Gasteiger partial charge in [-0.1, -0.05) is 42.7 Å². The maximum Gasteiger partial charge on any atom is 0.308 e. The third-order valence-corrected chi connectivity index (χ3v) is 4.45. The minimum Gasteiger partial charge on any atom is -0.481 e. The van der Waals surface area contributed by atoms with Crippen LogP contribution in [0.25, 0.3) is 0 Å². The highest BCUT2D eigenvalue weighted by molar-refractivity contribution is 5.91. The molecule has 0 heterocycles. The molecule has 0 radical (unpaired) electrons. The normalized spacial score (nSPS) is 16.9. The summed E-state index contributed by atoms with van der Waals surface area (Å²) in [6.45, 7) is 6.24. The Morgan fingerprint density at radius 1 is 1.23 bits per heavy atom. The third-order valence-electron chi connectivity index (χ3n) is 4.45. The van der Waals surface area contributed by atoms with E-state index < -0.39 is 17.3 Å². The van der Waals surface area contributed by atoms with Crippen LogP contribution >= 0.6 is 0 Å². The summed E-state index contributed by atoms with van der Waals surface area (Å²) in [5.41, 5.74) is 2.93. The lowest BCUT2D eigenvalue weighted by molar-refractivity contribution is -0.142. The van der Waals surface area contributed by atoms with Crippen molar-refractivity contribution in [2.45, 2.75) is 51.9 Å². The van der Waals surface area contributed by atoms with Crippen LogP contribution in [-0.2, 0) is 15.0 Å². The first-order valence-electron chi connectivity index (χ1n) is 7.99. The second-order valence-electron chi connectivity index (χ2n) is 6.49. The summed E-state index contributed by atoms with van der Waals surface area (Å²) in [5, 5.41) is 12.0. The highest BCUT2D eigenvalue weighted by Crippen LogP contribution is 2.48. The molecule has 22 heavy (non-hydrogen) atoms. The number of hydrogen-bond donors (Lipinski definition) is 2. The molecule has 1 atom stereocenters. The van der Waals surface area contributed by atoms with E-state index in [4.69, 9.17) is 0 Å². The van der Waals surface area contributed by atoms with Crippen molar-refractivity contribution in [3.63, 3.8) is 0 Å². The Bertz CT molecular complexity index is 555. The first-order chi connectivity index (χ1) is 10.4. The zero-order valence-electron chi connectivity index (χ0n) is 13.6. The van der Waals surface area contributed by atoms with Crippen molar-refractivity contribution in [3.8, 4) is 0 Å².